The third kappa shape index (κ3) is 2.25. The number of rotatable bonds is 4. The lowest BCUT2D eigenvalue weighted by Crippen LogP contribution is -2.21. The van der Waals surface area contributed by atoms with E-state index in [9.17, 15) is 9.59 Å². The number of carbonyl (C=O) groups is 1. The molecule has 0 fully saturated rings. The highest BCUT2D eigenvalue weighted by Gasteiger charge is 2.12. The zero-order valence-corrected chi connectivity index (χ0v) is 11.8. The smallest absolute Gasteiger partial charge is 0.335 e. The fourth-order valence-corrected chi connectivity index (χ4v) is 2.73. The molecule has 0 atom stereocenters. The van der Waals surface area contributed by atoms with Gasteiger partial charge in [0.25, 0.3) is 5.56 Å². The van der Waals surface area contributed by atoms with Gasteiger partial charge in [-0.15, -0.1) is 0 Å². The first-order valence-corrected chi connectivity index (χ1v) is 7.03. The monoisotopic (exact) mass is 297 g/mol. The van der Waals surface area contributed by atoms with E-state index in [2.05, 4.69) is 0 Å². The number of benzene rings is 2. The van der Waals surface area contributed by atoms with Crippen molar-refractivity contribution in [1.29, 1.82) is 0 Å². The molecule has 0 bridgehead atoms. The summed E-state index contributed by atoms with van der Waals surface area (Å²) in [6, 6.07) is 12.1. The van der Waals surface area contributed by atoms with Gasteiger partial charge in [-0.05, 0) is 30.0 Å². The Kier molecular flexibility index (Phi) is 3.65. The Bertz CT molecular complexity index is 927. The van der Waals surface area contributed by atoms with Crippen LogP contribution in [-0.2, 0) is 6.54 Å². The van der Waals surface area contributed by atoms with Crippen molar-refractivity contribution in [3.05, 3.63) is 58.4 Å². The average molecular weight is 297 g/mol. The SMILES string of the molecule is O=C(O)c1ccc2c3ccccc3c(=O)n(CCCO)c2c1. The first-order valence-electron chi connectivity index (χ1n) is 7.03. The van der Waals surface area contributed by atoms with Crippen molar-refractivity contribution in [2.75, 3.05) is 6.61 Å². The third-order valence-electron chi connectivity index (χ3n) is 3.77. The van der Waals surface area contributed by atoms with E-state index >= 15 is 0 Å². The highest BCUT2D eigenvalue weighted by Crippen LogP contribution is 2.24. The molecular weight excluding hydrogens is 282 g/mol. The molecule has 0 amide bonds. The highest BCUT2D eigenvalue weighted by atomic mass is 16.4. The van der Waals surface area contributed by atoms with Crippen molar-refractivity contribution < 1.29 is 15.0 Å². The van der Waals surface area contributed by atoms with Crippen LogP contribution in [-0.4, -0.2) is 27.4 Å². The number of aromatic nitrogens is 1. The van der Waals surface area contributed by atoms with Crippen LogP contribution >= 0.6 is 0 Å². The van der Waals surface area contributed by atoms with Crippen LogP contribution in [0.15, 0.2) is 47.3 Å². The number of pyridine rings is 1. The number of aryl methyl sites for hydroxylation is 1. The minimum atomic E-state index is -1.03. The van der Waals surface area contributed by atoms with E-state index in [4.69, 9.17) is 10.2 Å². The molecule has 0 unspecified atom stereocenters. The van der Waals surface area contributed by atoms with Gasteiger partial charge in [0.15, 0.2) is 0 Å². The molecule has 5 nitrogen and oxygen atoms in total. The summed E-state index contributed by atoms with van der Waals surface area (Å²) < 4.78 is 1.54. The second kappa shape index (κ2) is 5.61. The molecule has 112 valence electrons. The van der Waals surface area contributed by atoms with Gasteiger partial charge in [-0.1, -0.05) is 24.3 Å². The van der Waals surface area contributed by atoms with E-state index in [0.29, 0.717) is 23.9 Å². The third-order valence-corrected chi connectivity index (χ3v) is 3.77. The van der Waals surface area contributed by atoms with E-state index in [1.165, 1.54) is 12.1 Å². The van der Waals surface area contributed by atoms with Gasteiger partial charge in [0.05, 0.1) is 11.1 Å². The van der Waals surface area contributed by atoms with E-state index < -0.39 is 5.97 Å². The molecule has 5 heteroatoms. The lowest BCUT2D eigenvalue weighted by Gasteiger charge is -2.13. The van der Waals surface area contributed by atoms with Gasteiger partial charge in [-0.3, -0.25) is 4.79 Å². The van der Waals surface area contributed by atoms with Gasteiger partial charge < -0.3 is 14.8 Å². The highest BCUT2D eigenvalue weighted by molar-refractivity contribution is 6.07. The fourth-order valence-electron chi connectivity index (χ4n) is 2.73. The van der Waals surface area contributed by atoms with E-state index in [0.717, 1.165) is 10.8 Å². The molecule has 0 radical (unpaired) electrons. The van der Waals surface area contributed by atoms with Crippen molar-refractivity contribution in [1.82, 2.24) is 4.57 Å². The van der Waals surface area contributed by atoms with E-state index in [1.54, 1.807) is 22.8 Å². The van der Waals surface area contributed by atoms with E-state index in [-0.39, 0.29) is 17.7 Å². The zero-order chi connectivity index (χ0) is 15.7. The molecule has 0 saturated heterocycles. The maximum atomic E-state index is 12.7. The summed E-state index contributed by atoms with van der Waals surface area (Å²) in [5, 5.41) is 20.4. The quantitative estimate of drug-likeness (QED) is 0.724. The molecule has 1 heterocycles. The molecule has 0 aliphatic heterocycles. The van der Waals surface area contributed by atoms with Crippen LogP contribution in [0.25, 0.3) is 21.7 Å². The second-order valence-electron chi connectivity index (χ2n) is 5.12. The molecule has 2 aromatic carbocycles. The summed E-state index contributed by atoms with van der Waals surface area (Å²) in [6.45, 7) is 0.319. The maximum Gasteiger partial charge on any atom is 0.335 e. The fraction of sp³-hybridized carbons (Fsp3) is 0.176. The van der Waals surface area contributed by atoms with Crippen molar-refractivity contribution in [3.63, 3.8) is 0 Å². The summed E-state index contributed by atoms with van der Waals surface area (Å²) >= 11 is 0. The lowest BCUT2D eigenvalue weighted by atomic mass is 10.0. The largest absolute Gasteiger partial charge is 0.478 e. The summed E-state index contributed by atoms with van der Waals surface area (Å²) in [4.78, 5) is 23.9. The van der Waals surface area contributed by atoms with Gasteiger partial charge in [0.2, 0.25) is 0 Å². The number of aliphatic hydroxyl groups is 1. The molecule has 0 saturated carbocycles. The van der Waals surface area contributed by atoms with Gasteiger partial charge in [-0.2, -0.15) is 0 Å². The Balaban J connectivity index is 2.44. The van der Waals surface area contributed by atoms with Gasteiger partial charge in [0, 0.05) is 23.9 Å². The number of fused-ring (bicyclic) bond motifs is 3. The minimum Gasteiger partial charge on any atom is -0.478 e. The molecular formula is C17H15NO4. The first-order chi connectivity index (χ1) is 10.6. The average Bonchev–Trinajstić information content (AvgIpc) is 2.54. The number of hydrogen-bond donors (Lipinski definition) is 2. The van der Waals surface area contributed by atoms with Crippen LogP contribution in [0.3, 0.4) is 0 Å². The van der Waals surface area contributed by atoms with Crippen LogP contribution in [0.2, 0.25) is 0 Å². The molecule has 2 N–H and O–H groups in total. The molecule has 22 heavy (non-hydrogen) atoms. The summed E-state index contributed by atoms with van der Waals surface area (Å²) in [5.41, 5.74) is 0.552. The maximum absolute atomic E-state index is 12.7. The van der Waals surface area contributed by atoms with Crippen LogP contribution in [0.1, 0.15) is 16.8 Å². The number of nitrogens with zero attached hydrogens (tertiary/aromatic N) is 1. The number of carboxylic acid groups (broad SMARTS) is 1. The predicted molar refractivity (Wildman–Crippen MR) is 84.4 cm³/mol. The number of hydrogen-bond acceptors (Lipinski definition) is 3. The van der Waals surface area contributed by atoms with Crippen LogP contribution in [0.5, 0.6) is 0 Å². The number of carboxylic acids is 1. The van der Waals surface area contributed by atoms with Crippen LogP contribution < -0.4 is 5.56 Å². The van der Waals surface area contributed by atoms with Crippen molar-refractivity contribution in [2.45, 2.75) is 13.0 Å². The standard InChI is InChI=1S/C17H15NO4/c19-9-3-8-18-15-10-11(17(21)22)6-7-13(15)12-4-1-2-5-14(12)16(18)20/h1-2,4-7,10,19H,3,8-9H2,(H,21,22). The Hall–Kier alpha value is -2.66. The van der Waals surface area contributed by atoms with Gasteiger partial charge in [0.1, 0.15) is 0 Å². The van der Waals surface area contributed by atoms with E-state index in [1.807, 2.05) is 12.1 Å². The predicted octanol–water partition coefficient (Wildman–Crippen LogP) is 2.24. The topological polar surface area (TPSA) is 79.5 Å². The molecule has 0 aliphatic rings. The van der Waals surface area contributed by atoms with Crippen molar-refractivity contribution >= 4 is 27.6 Å². The van der Waals surface area contributed by atoms with Crippen molar-refractivity contribution in [3.8, 4) is 0 Å². The Labute approximate surface area is 126 Å². The Morgan fingerprint density at radius 2 is 1.77 bits per heavy atom. The normalized spacial score (nSPS) is 11.1. The minimum absolute atomic E-state index is 0.0284. The van der Waals surface area contributed by atoms with Crippen LogP contribution in [0.4, 0.5) is 0 Å². The number of aliphatic hydroxyl groups excluding tert-OH is 1. The molecule has 1 aromatic heterocycles. The van der Waals surface area contributed by atoms with Gasteiger partial charge >= 0.3 is 5.97 Å². The Morgan fingerprint density at radius 1 is 1.05 bits per heavy atom. The second-order valence-corrected chi connectivity index (χ2v) is 5.12. The lowest BCUT2D eigenvalue weighted by molar-refractivity contribution is 0.0697. The summed E-state index contributed by atoms with van der Waals surface area (Å²) in [5.74, 6) is -1.03. The Morgan fingerprint density at radius 3 is 2.45 bits per heavy atom. The summed E-state index contributed by atoms with van der Waals surface area (Å²) in [7, 11) is 0. The molecule has 0 spiro atoms. The number of aromatic carboxylic acids is 1. The van der Waals surface area contributed by atoms with Crippen LogP contribution in [0, 0.1) is 0 Å². The molecule has 3 rings (SSSR count). The zero-order valence-electron chi connectivity index (χ0n) is 11.8. The van der Waals surface area contributed by atoms with Gasteiger partial charge in [-0.25, -0.2) is 4.79 Å². The summed E-state index contributed by atoms with van der Waals surface area (Å²) in [6.07, 6.45) is 0.435. The first kappa shape index (κ1) is 14.3. The molecule has 0 aliphatic carbocycles. The van der Waals surface area contributed by atoms with Crippen molar-refractivity contribution in [2.24, 2.45) is 0 Å². The molecule has 3 aromatic rings.